The summed E-state index contributed by atoms with van der Waals surface area (Å²) >= 11 is 0. The number of carboxylic acid groups (broad SMARTS) is 2. The molecular weight excluding hydrogens is 548 g/mol. The van der Waals surface area contributed by atoms with Gasteiger partial charge in [0.05, 0.1) is 41.0 Å². The Balaban J connectivity index is 1.83. The number of aliphatic hydroxyl groups excluding tert-OH is 1. The number of nitrogens with zero attached hydrogens (tertiary/aromatic N) is 6. The molecule has 5 heterocycles. The lowest BCUT2D eigenvalue weighted by Crippen LogP contribution is -2.79. The number of carboxylic acids is 2. The van der Waals surface area contributed by atoms with E-state index in [9.17, 15) is 24.9 Å². The molecule has 2 saturated heterocycles. The van der Waals surface area contributed by atoms with E-state index >= 15 is 0 Å². The molecule has 2 fully saturated rings. The molecule has 222 valence electrons. The lowest BCUT2D eigenvalue weighted by molar-refractivity contribution is -0.246. The standard InChI is InChI=1S/C32H34N6O5/c1-3-14-35-24(4-2)26-31(29(40)41)20-37(18-22-11-5-8-15-33-22)21-32(28(31)39,30(42)43)27(25-13-7-10-17-36-25)38(26)19-23-12-6-9-16-34-23/h3-17,26-28,39H,1,18-21H2,2H3,(H,40,41)(H,42,43)/b24-4-,35-14?. The third kappa shape index (κ3) is 5.16. The maximum Gasteiger partial charge on any atom is 0.315 e. The molecule has 5 unspecified atom stereocenters. The number of aromatic nitrogens is 3. The van der Waals surface area contributed by atoms with Crippen LogP contribution < -0.4 is 0 Å². The van der Waals surface area contributed by atoms with Crippen LogP contribution in [0.25, 0.3) is 0 Å². The first-order valence-electron chi connectivity index (χ1n) is 13.9. The largest absolute Gasteiger partial charge is 0.481 e. The molecule has 2 aliphatic rings. The Labute approximate surface area is 249 Å². The Morgan fingerprint density at radius 2 is 1.51 bits per heavy atom. The van der Waals surface area contributed by atoms with Gasteiger partial charge in [-0.05, 0) is 43.3 Å². The monoisotopic (exact) mass is 582 g/mol. The second-order valence-corrected chi connectivity index (χ2v) is 10.8. The molecule has 3 N–H and O–H groups in total. The van der Waals surface area contributed by atoms with Crippen molar-refractivity contribution >= 4 is 18.2 Å². The van der Waals surface area contributed by atoms with E-state index in [1.165, 1.54) is 12.3 Å². The number of likely N-dealkylation sites (tertiary alicyclic amines) is 2. The minimum atomic E-state index is -2.02. The highest BCUT2D eigenvalue weighted by atomic mass is 16.4. The Bertz CT molecular complexity index is 1520. The summed E-state index contributed by atoms with van der Waals surface area (Å²) in [7, 11) is 0. The van der Waals surface area contributed by atoms with E-state index in [2.05, 4.69) is 26.5 Å². The lowest BCUT2D eigenvalue weighted by Gasteiger charge is -2.64. The highest BCUT2D eigenvalue weighted by Crippen LogP contribution is 2.60. The molecule has 0 spiro atoms. The minimum absolute atomic E-state index is 0.0741. The van der Waals surface area contributed by atoms with Crippen molar-refractivity contribution in [3.63, 3.8) is 0 Å². The van der Waals surface area contributed by atoms with Crippen LogP contribution in [0.1, 0.15) is 30.0 Å². The second-order valence-electron chi connectivity index (χ2n) is 10.8. The minimum Gasteiger partial charge on any atom is -0.481 e. The molecule has 3 aromatic rings. The normalized spacial score (nSPS) is 28.0. The lowest BCUT2D eigenvalue weighted by atomic mass is 9.53. The molecule has 43 heavy (non-hydrogen) atoms. The predicted octanol–water partition coefficient (Wildman–Crippen LogP) is 2.98. The molecule has 2 bridgehead atoms. The number of aliphatic carboxylic acids is 2. The maximum atomic E-state index is 13.7. The highest BCUT2D eigenvalue weighted by Gasteiger charge is 2.75. The van der Waals surface area contributed by atoms with Gasteiger partial charge in [0.25, 0.3) is 0 Å². The number of pyridine rings is 3. The molecule has 0 saturated carbocycles. The number of carbonyl (C=O) groups is 2. The summed E-state index contributed by atoms with van der Waals surface area (Å²) in [6, 6.07) is 13.8. The summed E-state index contributed by atoms with van der Waals surface area (Å²) in [5, 5.41) is 34.5. The van der Waals surface area contributed by atoms with E-state index in [1.54, 1.807) is 83.9 Å². The summed E-state index contributed by atoms with van der Waals surface area (Å²) in [5.41, 5.74) is -2.07. The van der Waals surface area contributed by atoms with Crippen molar-refractivity contribution in [3.05, 3.63) is 115 Å². The summed E-state index contributed by atoms with van der Waals surface area (Å²) < 4.78 is 0. The highest BCUT2D eigenvalue weighted by molar-refractivity contribution is 5.85. The van der Waals surface area contributed by atoms with Crippen molar-refractivity contribution in [3.8, 4) is 0 Å². The van der Waals surface area contributed by atoms with Crippen molar-refractivity contribution in [2.45, 2.75) is 38.2 Å². The smallest absolute Gasteiger partial charge is 0.315 e. The third-order valence-electron chi connectivity index (χ3n) is 8.44. The topological polar surface area (TPSA) is 152 Å². The molecule has 0 radical (unpaired) electrons. The average Bonchev–Trinajstić information content (AvgIpc) is 3.01. The Hall–Kier alpha value is -4.58. The van der Waals surface area contributed by atoms with Gasteiger partial charge in [-0.2, -0.15) is 0 Å². The zero-order chi connectivity index (χ0) is 30.6. The number of piperidine rings is 2. The number of aliphatic imine (C=N–C) groups is 1. The average molecular weight is 583 g/mol. The fourth-order valence-corrected chi connectivity index (χ4v) is 6.79. The van der Waals surface area contributed by atoms with Crippen LogP contribution in [0, 0.1) is 10.8 Å². The van der Waals surface area contributed by atoms with E-state index in [4.69, 9.17) is 0 Å². The van der Waals surface area contributed by atoms with E-state index in [1.807, 2.05) is 12.1 Å². The van der Waals surface area contributed by atoms with Gasteiger partial charge in [-0.25, -0.2) is 0 Å². The summed E-state index contributed by atoms with van der Waals surface area (Å²) in [6.07, 6.45) is 7.62. The fourth-order valence-electron chi connectivity index (χ4n) is 6.79. The molecular formula is C32H34N6O5. The number of allylic oxidation sites excluding steroid dienone is 2. The van der Waals surface area contributed by atoms with Gasteiger partial charge in [-0.15, -0.1) is 0 Å². The van der Waals surface area contributed by atoms with Gasteiger partial charge < -0.3 is 15.3 Å². The zero-order valence-corrected chi connectivity index (χ0v) is 23.8. The van der Waals surface area contributed by atoms with Crippen molar-refractivity contribution in [2.24, 2.45) is 15.8 Å². The van der Waals surface area contributed by atoms with Gasteiger partial charge in [-0.3, -0.25) is 39.3 Å². The van der Waals surface area contributed by atoms with E-state index in [-0.39, 0.29) is 26.2 Å². The Kier molecular flexibility index (Phi) is 8.58. The van der Waals surface area contributed by atoms with Gasteiger partial charge in [0.15, 0.2) is 0 Å². The first-order valence-corrected chi connectivity index (χ1v) is 13.9. The second kappa shape index (κ2) is 12.3. The zero-order valence-electron chi connectivity index (χ0n) is 23.8. The number of hydrogen-bond acceptors (Lipinski definition) is 9. The van der Waals surface area contributed by atoms with Gasteiger partial charge >= 0.3 is 11.9 Å². The predicted molar refractivity (Wildman–Crippen MR) is 159 cm³/mol. The first kappa shape index (κ1) is 29.9. The first-order chi connectivity index (χ1) is 20.8. The molecule has 3 aromatic heterocycles. The van der Waals surface area contributed by atoms with Crippen LogP contribution in [-0.4, -0.2) is 83.5 Å². The van der Waals surface area contributed by atoms with Crippen molar-refractivity contribution in [1.82, 2.24) is 24.8 Å². The van der Waals surface area contributed by atoms with Crippen molar-refractivity contribution in [1.29, 1.82) is 0 Å². The molecule has 5 rings (SSSR count). The van der Waals surface area contributed by atoms with Crippen molar-refractivity contribution in [2.75, 3.05) is 13.1 Å². The van der Waals surface area contributed by atoms with Gasteiger partial charge in [-0.1, -0.05) is 36.9 Å². The quantitative estimate of drug-likeness (QED) is 0.304. The number of rotatable bonds is 10. The number of fused-ring (bicyclic) bond motifs is 2. The van der Waals surface area contributed by atoms with Crippen LogP contribution in [-0.2, 0) is 22.7 Å². The number of hydrogen-bond donors (Lipinski definition) is 3. The van der Waals surface area contributed by atoms with Crippen LogP contribution >= 0.6 is 0 Å². The van der Waals surface area contributed by atoms with E-state index in [0.29, 0.717) is 22.8 Å². The van der Waals surface area contributed by atoms with E-state index < -0.39 is 41.0 Å². The van der Waals surface area contributed by atoms with Gasteiger partial charge in [0.1, 0.15) is 10.8 Å². The summed E-state index contributed by atoms with van der Waals surface area (Å²) in [6.45, 7) is 5.40. The molecule has 5 atom stereocenters. The molecule has 0 aromatic carbocycles. The third-order valence-corrected chi connectivity index (χ3v) is 8.44. The molecule has 0 aliphatic carbocycles. The fraction of sp³-hybridized carbons (Fsp3) is 0.312. The summed E-state index contributed by atoms with van der Waals surface area (Å²) in [4.78, 5) is 48.9. The molecule has 0 amide bonds. The summed E-state index contributed by atoms with van der Waals surface area (Å²) in [5.74, 6) is -2.66. The number of aliphatic hydroxyl groups is 1. The van der Waals surface area contributed by atoms with Crippen LogP contribution in [0.15, 0.2) is 103 Å². The molecule has 2 aliphatic heterocycles. The SMILES string of the molecule is C=CC=N/C(=C\C)C1N(Cc2ccccn2)C(c2ccccn2)C2(C(=O)O)CN(Cc3ccccn3)CC1(C(=O)O)C2O. The van der Waals surface area contributed by atoms with Gasteiger partial charge in [0.2, 0.25) is 0 Å². The Morgan fingerprint density at radius 3 is 2.02 bits per heavy atom. The van der Waals surface area contributed by atoms with E-state index in [0.717, 1.165) is 0 Å². The molecule has 11 nitrogen and oxygen atoms in total. The van der Waals surface area contributed by atoms with Crippen LogP contribution in [0.2, 0.25) is 0 Å². The van der Waals surface area contributed by atoms with Gasteiger partial charge in [0, 0.05) is 51.0 Å². The van der Waals surface area contributed by atoms with Crippen LogP contribution in [0.3, 0.4) is 0 Å². The van der Waals surface area contributed by atoms with Crippen LogP contribution in [0.4, 0.5) is 0 Å². The molecule has 11 heteroatoms. The maximum absolute atomic E-state index is 13.7. The van der Waals surface area contributed by atoms with Crippen LogP contribution in [0.5, 0.6) is 0 Å². The Morgan fingerprint density at radius 1 is 0.930 bits per heavy atom. The van der Waals surface area contributed by atoms with Crippen molar-refractivity contribution < 1.29 is 24.9 Å².